The van der Waals surface area contributed by atoms with Crippen LogP contribution < -0.4 is 5.43 Å². The SMILES string of the molecule is CO[C@@H](C(=O)N1CCn2nc(-c3ccc(F)cc3)c(-c3ccncc3)c2N1)c1ccccc1. The molecule has 0 radical (unpaired) electrons. The standard InChI is InChI=1S/C25H22FN5O2/c1-33-23(19-5-3-2-4-6-19)25(32)31-16-15-30-24(29-31)21(17-11-13-27-14-12-17)22(28-30)18-7-9-20(26)10-8-18/h2-14,23,29H,15-16H2,1H3/t23-/m1/s1. The Morgan fingerprint density at radius 2 is 1.73 bits per heavy atom. The predicted octanol–water partition coefficient (Wildman–Crippen LogP) is 4.31. The van der Waals surface area contributed by atoms with E-state index in [9.17, 15) is 9.18 Å². The molecule has 1 N–H and O–H groups in total. The summed E-state index contributed by atoms with van der Waals surface area (Å²) in [5.74, 6) is 0.179. The maximum atomic E-state index is 13.5. The number of hydrogen-bond donors (Lipinski definition) is 1. The Morgan fingerprint density at radius 1 is 1.00 bits per heavy atom. The van der Waals surface area contributed by atoms with Gasteiger partial charge in [-0.2, -0.15) is 5.10 Å². The molecule has 1 aliphatic heterocycles. The second kappa shape index (κ2) is 8.84. The van der Waals surface area contributed by atoms with E-state index in [-0.39, 0.29) is 11.7 Å². The van der Waals surface area contributed by atoms with E-state index in [0.29, 0.717) is 24.6 Å². The molecule has 8 heteroatoms. The number of carbonyl (C=O) groups is 1. The number of hydrazine groups is 1. The number of nitrogens with zero attached hydrogens (tertiary/aromatic N) is 4. The average molecular weight is 443 g/mol. The molecule has 33 heavy (non-hydrogen) atoms. The van der Waals surface area contributed by atoms with Crippen LogP contribution in [0.1, 0.15) is 11.7 Å². The third kappa shape index (κ3) is 3.96. The molecule has 0 spiro atoms. The number of benzene rings is 2. The molecule has 0 fully saturated rings. The van der Waals surface area contributed by atoms with Gasteiger partial charge in [-0.25, -0.2) is 9.07 Å². The molecule has 166 valence electrons. The Kier molecular flexibility index (Phi) is 5.58. The molecule has 7 nitrogen and oxygen atoms in total. The Balaban J connectivity index is 1.54. The van der Waals surface area contributed by atoms with E-state index in [2.05, 4.69) is 10.4 Å². The number of carbonyl (C=O) groups excluding carboxylic acids is 1. The summed E-state index contributed by atoms with van der Waals surface area (Å²) in [6.45, 7) is 0.914. The average Bonchev–Trinajstić information content (AvgIpc) is 3.25. The summed E-state index contributed by atoms with van der Waals surface area (Å²) in [7, 11) is 1.53. The number of ether oxygens (including phenoxy) is 1. The molecule has 0 bridgehead atoms. The van der Waals surface area contributed by atoms with Gasteiger partial charge in [0.1, 0.15) is 11.5 Å². The lowest BCUT2D eigenvalue weighted by Gasteiger charge is -2.32. The number of anilines is 1. The van der Waals surface area contributed by atoms with Crippen LogP contribution in [0.2, 0.25) is 0 Å². The first-order chi connectivity index (χ1) is 16.2. The first-order valence-electron chi connectivity index (χ1n) is 10.6. The van der Waals surface area contributed by atoms with Gasteiger partial charge in [-0.3, -0.25) is 20.2 Å². The predicted molar refractivity (Wildman–Crippen MR) is 122 cm³/mol. The molecule has 1 atom stereocenters. The maximum absolute atomic E-state index is 13.5. The van der Waals surface area contributed by atoms with Crippen LogP contribution >= 0.6 is 0 Å². The fourth-order valence-corrected chi connectivity index (χ4v) is 4.03. The Hall–Kier alpha value is -4.04. The highest BCUT2D eigenvalue weighted by molar-refractivity contribution is 5.91. The number of amides is 1. The molecule has 0 aliphatic carbocycles. The highest BCUT2D eigenvalue weighted by Crippen LogP contribution is 2.39. The number of nitrogens with one attached hydrogen (secondary N) is 1. The fourth-order valence-electron chi connectivity index (χ4n) is 4.03. The third-order valence-corrected chi connectivity index (χ3v) is 5.64. The minimum atomic E-state index is -0.728. The molecule has 1 aliphatic rings. The van der Waals surface area contributed by atoms with Gasteiger partial charge >= 0.3 is 0 Å². The van der Waals surface area contributed by atoms with Gasteiger partial charge in [0.25, 0.3) is 5.91 Å². The number of methoxy groups -OCH3 is 1. The number of aromatic nitrogens is 3. The minimum Gasteiger partial charge on any atom is -0.367 e. The summed E-state index contributed by atoms with van der Waals surface area (Å²) in [6.07, 6.45) is 2.68. The van der Waals surface area contributed by atoms with Gasteiger partial charge in [0, 0.05) is 25.1 Å². The third-order valence-electron chi connectivity index (χ3n) is 5.64. The summed E-state index contributed by atoms with van der Waals surface area (Å²) in [5.41, 5.74) is 7.23. The van der Waals surface area contributed by atoms with Crippen LogP contribution in [0.25, 0.3) is 22.4 Å². The van der Waals surface area contributed by atoms with Gasteiger partial charge in [-0.15, -0.1) is 0 Å². The smallest absolute Gasteiger partial charge is 0.274 e. The van der Waals surface area contributed by atoms with Crippen molar-refractivity contribution in [2.75, 3.05) is 19.1 Å². The lowest BCUT2D eigenvalue weighted by molar-refractivity contribution is -0.141. The molecule has 5 rings (SSSR count). The van der Waals surface area contributed by atoms with E-state index < -0.39 is 6.10 Å². The zero-order chi connectivity index (χ0) is 22.8. The van der Waals surface area contributed by atoms with E-state index in [4.69, 9.17) is 9.84 Å². The van der Waals surface area contributed by atoms with Crippen molar-refractivity contribution < 1.29 is 13.9 Å². The molecular formula is C25H22FN5O2. The van der Waals surface area contributed by atoms with Crippen molar-refractivity contribution in [3.63, 3.8) is 0 Å². The second-order valence-electron chi connectivity index (χ2n) is 7.67. The van der Waals surface area contributed by atoms with Crippen molar-refractivity contribution in [2.24, 2.45) is 0 Å². The van der Waals surface area contributed by atoms with Crippen LogP contribution in [0, 0.1) is 5.82 Å². The molecular weight excluding hydrogens is 421 g/mol. The summed E-state index contributed by atoms with van der Waals surface area (Å²) in [5, 5.41) is 6.35. The van der Waals surface area contributed by atoms with Gasteiger partial charge in [-0.05, 0) is 47.5 Å². The first kappa shape index (κ1) is 20.8. The lowest BCUT2D eigenvalue weighted by Crippen LogP contribution is -2.45. The first-order valence-corrected chi connectivity index (χ1v) is 10.6. The molecule has 0 saturated carbocycles. The molecule has 4 aromatic rings. The van der Waals surface area contributed by atoms with Gasteiger partial charge in [0.2, 0.25) is 0 Å². The normalized spacial score (nSPS) is 13.8. The van der Waals surface area contributed by atoms with Crippen LogP contribution in [0.15, 0.2) is 79.1 Å². The number of halogens is 1. The second-order valence-corrected chi connectivity index (χ2v) is 7.67. The molecule has 1 amide bonds. The number of fused-ring (bicyclic) bond motifs is 1. The quantitative estimate of drug-likeness (QED) is 0.498. The van der Waals surface area contributed by atoms with Crippen molar-refractivity contribution in [1.29, 1.82) is 0 Å². The summed E-state index contributed by atoms with van der Waals surface area (Å²) in [4.78, 5) is 17.5. The highest BCUT2D eigenvalue weighted by Gasteiger charge is 2.32. The lowest BCUT2D eigenvalue weighted by atomic mass is 10.0. The van der Waals surface area contributed by atoms with Crippen molar-refractivity contribution in [2.45, 2.75) is 12.6 Å². The van der Waals surface area contributed by atoms with Crippen molar-refractivity contribution in [1.82, 2.24) is 19.8 Å². The Morgan fingerprint density at radius 3 is 2.42 bits per heavy atom. The summed E-state index contributed by atoms with van der Waals surface area (Å²) in [6, 6.07) is 19.4. The Labute approximate surface area is 190 Å². The number of hydrogen-bond acceptors (Lipinski definition) is 5. The van der Waals surface area contributed by atoms with Crippen LogP contribution in [-0.2, 0) is 16.1 Å². The van der Waals surface area contributed by atoms with Crippen molar-refractivity contribution in [3.8, 4) is 22.4 Å². The topological polar surface area (TPSA) is 72.3 Å². The van der Waals surface area contributed by atoms with Crippen LogP contribution in [0.3, 0.4) is 0 Å². The van der Waals surface area contributed by atoms with E-state index in [1.807, 2.05) is 47.1 Å². The molecule has 0 unspecified atom stereocenters. The van der Waals surface area contributed by atoms with E-state index in [0.717, 1.165) is 22.3 Å². The van der Waals surface area contributed by atoms with Crippen LogP contribution in [-0.4, -0.2) is 39.3 Å². The van der Waals surface area contributed by atoms with E-state index in [1.54, 1.807) is 29.5 Å². The summed E-state index contributed by atoms with van der Waals surface area (Å²) < 4.78 is 20.9. The van der Waals surface area contributed by atoms with E-state index >= 15 is 0 Å². The largest absolute Gasteiger partial charge is 0.367 e. The Bertz CT molecular complexity index is 1260. The zero-order valence-electron chi connectivity index (χ0n) is 18.0. The summed E-state index contributed by atoms with van der Waals surface area (Å²) >= 11 is 0. The van der Waals surface area contributed by atoms with Gasteiger partial charge in [0.05, 0.1) is 18.7 Å². The van der Waals surface area contributed by atoms with Crippen LogP contribution in [0.4, 0.5) is 10.2 Å². The zero-order valence-corrected chi connectivity index (χ0v) is 18.0. The minimum absolute atomic E-state index is 0.194. The monoisotopic (exact) mass is 443 g/mol. The van der Waals surface area contributed by atoms with Crippen LogP contribution in [0.5, 0.6) is 0 Å². The maximum Gasteiger partial charge on any atom is 0.274 e. The number of pyridine rings is 1. The fraction of sp³-hybridized carbons (Fsp3) is 0.160. The van der Waals surface area contributed by atoms with Gasteiger partial charge < -0.3 is 4.74 Å². The molecule has 2 aromatic heterocycles. The number of rotatable bonds is 5. The van der Waals surface area contributed by atoms with Crippen molar-refractivity contribution in [3.05, 3.63) is 90.5 Å². The van der Waals surface area contributed by atoms with E-state index in [1.165, 1.54) is 19.2 Å². The van der Waals surface area contributed by atoms with Gasteiger partial charge in [-0.1, -0.05) is 30.3 Å². The van der Waals surface area contributed by atoms with Gasteiger partial charge in [0.15, 0.2) is 11.9 Å². The van der Waals surface area contributed by atoms with Crippen molar-refractivity contribution >= 4 is 11.7 Å². The molecule has 2 aromatic carbocycles. The molecule has 3 heterocycles. The molecule has 0 saturated heterocycles. The highest BCUT2D eigenvalue weighted by atomic mass is 19.1.